The molecule has 1 aliphatic rings. The Hall–Kier alpha value is -8.23. The van der Waals surface area contributed by atoms with Crippen molar-refractivity contribution in [1.82, 2.24) is 19.8 Å². The van der Waals surface area contributed by atoms with Crippen LogP contribution >= 0.6 is 11.6 Å². The smallest absolute Gasteiger partial charge is 0.494 e. The molecule has 0 atom stereocenters. The molecule has 74 heavy (non-hydrogen) atoms. The SMILES string of the molecule is CC1(C)OB(c2cc(F)c(F)c(C#N)c2)OC1(C)C.COc1cc(C(=O)N(C)C)ccc1-c1cc2nccc(-c3cc(F)c(F)c(C#N)c3)c2o1.COc1cc(C(=O)N(C)C)ccc1-c1cc2nccc(Cl)c2o1. The maximum Gasteiger partial charge on any atom is 0.494 e. The molecule has 1 fully saturated rings. The lowest BCUT2D eigenvalue weighted by Gasteiger charge is -2.32. The average molecular weight is 1030 g/mol. The zero-order chi connectivity index (χ0) is 54.0. The van der Waals surface area contributed by atoms with Crippen LogP contribution in [0, 0.1) is 45.9 Å². The van der Waals surface area contributed by atoms with Gasteiger partial charge in [0.25, 0.3) is 11.8 Å². The highest BCUT2D eigenvalue weighted by Crippen LogP contribution is 2.40. The third kappa shape index (κ3) is 10.8. The van der Waals surface area contributed by atoms with Gasteiger partial charge in [-0.2, -0.15) is 10.5 Å². The summed E-state index contributed by atoms with van der Waals surface area (Å²) in [6.07, 6.45) is 3.14. The number of furan rings is 2. The Labute approximate surface area is 428 Å². The molecule has 1 saturated heterocycles. The Balaban J connectivity index is 0.000000169. The molecule has 0 unspecified atom stereocenters. The van der Waals surface area contributed by atoms with E-state index in [1.54, 1.807) is 114 Å². The number of nitriles is 2. The van der Waals surface area contributed by atoms with Gasteiger partial charge in [-0.1, -0.05) is 11.6 Å². The first-order valence-electron chi connectivity index (χ1n) is 22.4. The van der Waals surface area contributed by atoms with E-state index in [1.807, 2.05) is 27.7 Å². The fourth-order valence-corrected chi connectivity index (χ4v) is 7.73. The predicted octanol–water partition coefficient (Wildman–Crippen LogP) is 11.0. The number of ether oxygens (including phenoxy) is 2. The summed E-state index contributed by atoms with van der Waals surface area (Å²) in [6, 6.07) is 24.8. The molecule has 8 aromatic rings. The Morgan fingerprint density at radius 1 is 0.622 bits per heavy atom. The summed E-state index contributed by atoms with van der Waals surface area (Å²) in [5.41, 5.74) is 3.48. The molecular formula is C54H46BClF4N6O8. The van der Waals surface area contributed by atoms with Crippen LogP contribution in [0.3, 0.4) is 0 Å². The number of aromatic nitrogens is 2. The molecule has 0 aliphatic carbocycles. The first kappa shape index (κ1) is 53.6. The van der Waals surface area contributed by atoms with E-state index >= 15 is 0 Å². The molecule has 1 aliphatic heterocycles. The van der Waals surface area contributed by atoms with Crippen molar-refractivity contribution in [3.8, 4) is 57.4 Å². The van der Waals surface area contributed by atoms with Crippen LogP contribution in [-0.4, -0.2) is 92.3 Å². The van der Waals surface area contributed by atoms with Crippen LogP contribution in [0.4, 0.5) is 17.6 Å². The van der Waals surface area contributed by atoms with Crippen LogP contribution in [0.5, 0.6) is 11.5 Å². The van der Waals surface area contributed by atoms with Crippen molar-refractivity contribution in [3.05, 3.63) is 148 Å². The van der Waals surface area contributed by atoms with Crippen molar-refractivity contribution in [2.75, 3.05) is 42.4 Å². The highest BCUT2D eigenvalue weighted by Gasteiger charge is 2.52. The van der Waals surface area contributed by atoms with Gasteiger partial charge < -0.3 is 37.4 Å². The van der Waals surface area contributed by atoms with Gasteiger partial charge in [0.1, 0.15) is 46.2 Å². The van der Waals surface area contributed by atoms with Gasteiger partial charge in [0.2, 0.25) is 0 Å². The molecule has 0 bridgehead atoms. The van der Waals surface area contributed by atoms with Crippen LogP contribution in [0.25, 0.3) is 56.0 Å². The lowest BCUT2D eigenvalue weighted by Crippen LogP contribution is -2.41. The Kier molecular flexibility index (Phi) is 15.5. The molecule has 0 N–H and O–H groups in total. The number of carbonyl (C=O) groups excluding carboxylic acids is 2. The summed E-state index contributed by atoms with van der Waals surface area (Å²) in [5, 5.41) is 18.4. The zero-order valence-corrected chi connectivity index (χ0v) is 42.4. The summed E-state index contributed by atoms with van der Waals surface area (Å²) < 4.78 is 88.7. The molecule has 0 saturated carbocycles. The van der Waals surface area contributed by atoms with Gasteiger partial charge in [0.05, 0.1) is 52.7 Å². The number of hydrogen-bond donors (Lipinski definition) is 0. The molecule has 378 valence electrons. The summed E-state index contributed by atoms with van der Waals surface area (Å²) in [5.74, 6) is -2.83. The van der Waals surface area contributed by atoms with E-state index in [4.69, 9.17) is 49.7 Å². The molecule has 4 aromatic carbocycles. The maximum atomic E-state index is 14.0. The molecule has 4 aromatic heterocycles. The fourth-order valence-electron chi connectivity index (χ4n) is 7.54. The fraction of sp³-hybridized carbons (Fsp3) is 0.222. The number of fused-ring (bicyclic) bond motifs is 2. The van der Waals surface area contributed by atoms with Crippen molar-refractivity contribution in [3.63, 3.8) is 0 Å². The lowest BCUT2D eigenvalue weighted by molar-refractivity contribution is 0.00578. The summed E-state index contributed by atoms with van der Waals surface area (Å²) in [4.78, 5) is 35.8. The summed E-state index contributed by atoms with van der Waals surface area (Å²) >= 11 is 6.12. The molecule has 14 nitrogen and oxygen atoms in total. The van der Waals surface area contributed by atoms with Gasteiger partial charge in [-0.05, 0) is 112 Å². The molecule has 9 rings (SSSR count). The number of rotatable bonds is 8. The minimum absolute atomic E-state index is 0.0934. The normalized spacial score (nSPS) is 13.2. The van der Waals surface area contributed by atoms with Crippen LogP contribution < -0.4 is 14.9 Å². The van der Waals surface area contributed by atoms with Crippen molar-refractivity contribution in [2.45, 2.75) is 38.9 Å². The zero-order valence-electron chi connectivity index (χ0n) is 41.7. The number of hydrogen-bond acceptors (Lipinski definition) is 12. The van der Waals surface area contributed by atoms with Crippen LogP contribution in [-0.2, 0) is 9.31 Å². The topological polar surface area (TPSA) is 177 Å². The van der Waals surface area contributed by atoms with Gasteiger partial charge in [0, 0.05) is 69.4 Å². The van der Waals surface area contributed by atoms with Gasteiger partial charge >= 0.3 is 7.12 Å². The van der Waals surface area contributed by atoms with E-state index in [9.17, 15) is 27.2 Å². The second-order valence-electron chi connectivity index (χ2n) is 18.0. The van der Waals surface area contributed by atoms with Gasteiger partial charge in [-0.3, -0.25) is 19.6 Å². The monoisotopic (exact) mass is 1030 g/mol. The molecule has 20 heteroatoms. The van der Waals surface area contributed by atoms with E-state index in [-0.39, 0.29) is 22.9 Å². The molecule has 5 heterocycles. The quantitative estimate of drug-likeness (QED) is 0.104. The van der Waals surface area contributed by atoms with E-state index in [2.05, 4.69) is 9.97 Å². The van der Waals surface area contributed by atoms with Gasteiger partial charge in [-0.15, -0.1) is 0 Å². The predicted molar refractivity (Wildman–Crippen MR) is 270 cm³/mol. The minimum Gasteiger partial charge on any atom is -0.496 e. The molecule has 0 radical (unpaired) electrons. The first-order chi connectivity index (χ1) is 35.0. The number of amides is 2. The molecule has 0 spiro atoms. The van der Waals surface area contributed by atoms with Gasteiger partial charge in [0.15, 0.2) is 34.4 Å². The largest absolute Gasteiger partial charge is 0.496 e. The molecular weight excluding hydrogens is 983 g/mol. The lowest BCUT2D eigenvalue weighted by atomic mass is 9.78. The summed E-state index contributed by atoms with van der Waals surface area (Å²) in [6.45, 7) is 7.44. The van der Waals surface area contributed by atoms with Crippen LogP contribution in [0.1, 0.15) is 59.5 Å². The van der Waals surface area contributed by atoms with E-state index in [0.717, 1.165) is 17.7 Å². The van der Waals surface area contributed by atoms with Crippen molar-refractivity contribution in [2.24, 2.45) is 0 Å². The second kappa shape index (κ2) is 21.5. The third-order valence-corrected chi connectivity index (χ3v) is 12.5. The Morgan fingerprint density at radius 3 is 1.55 bits per heavy atom. The van der Waals surface area contributed by atoms with E-state index in [0.29, 0.717) is 78.0 Å². The third-order valence-electron chi connectivity index (χ3n) is 12.2. The van der Waals surface area contributed by atoms with Crippen molar-refractivity contribution < 1.29 is 54.8 Å². The highest BCUT2D eigenvalue weighted by atomic mass is 35.5. The maximum absolute atomic E-state index is 14.0. The van der Waals surface area contributed by atoms with Crippen molar-refractivity contribution >= 4 is 58.2 Å². The number of pyridine rings is 2. The average Bonchev–Trinajstić information content (AvgIpc) is 4.08. The Morgan fingerprint density at radius 2 is 1.08 bits per heavy atom. The number of carbonyl (C=O) groups is 2. The van der Waals surface area contributed by atoms with E-state index < -0.39 is 47.2 Å². The summed E-state index contributed by atoms with van der Waals surface area (Å²) in [7, 11) is 8.95. The van der Waals surface area contributed by atoms with Crippen molar-refractivity contribution in [1.29, 1.82) is 10.5 Å². The Bertz CT molecular complexity index is 3550. The molecule has 2 amide bonds. The van der Waals surface area contributed by atoms with Gasteiger partial charge in [-0.25, -0.2) is 17.6 Å². The van der Waals surface area contributed by atoms with E-state index in [1.165, 1.54) is 35.2 Å². The highest BCUT2D eigenvalue weighted by molar-refractivity contribution is 6.62. The standard InChI is InChI=1S/C24H17F2N3O3.C17H15ClN2O3.C13H14BF2NO2/c1-29(2)24(30)13-4-5-17(20(10-13)31-3)21-11-19-23(32-21)16(6-7-28-19)14-8-15(12-27)22(26)18(25)9-14;1-20(2)17(21)10-4-5-11(14(8-10)22-3)15-9-13-16(23-15)12(18)6-7-19-13;1-12(2)13(3,4)19-14(18-12)9-5-8(7-17)11(16)10(15)6-9/h4-11H,1-3H3;4-9H,1-3H3;5-6H,1-4H3. The van der Waals surface area contributed by atoms with Crippen LogP contribution in [0.15, 0.2) is 106 Å². The minimum atomic E-state index is -1.20. The number of benzene rings is 4. The number of nitrogens with zero attached hydrogens (tertiary/aromatic N) is 6. The number of halogens is 5. The first-order valence-corrected chi connectivity index (χ1v) is 22.8. The second-order valence-corrected chi connectivity index (χ2v) is 18.4. The number of methoxy groups -OCH3 is 2. The van der Waals surface area contributed by atoms with Crippen LogP contribution in [0.2, 0.25) is 5.02 Å².